The highest BCUT2D eigenvalue weighted by molar-refractivity contribution is 5.93. The number of unbranched alkanes of at least 4 members (excludes halogenated alkanes) is 2. The molecule has 2 N–H and O–H groups in total. The minimum absolute atomic E-state index is 0.271. The van der Waals surface area contributed by atoms with Crippen molar-refractivity contribution in [2.75, 3.05) is 20.2 Å². The Morgan fingerprint density at radius 3 is 2.19 bits per heavy atom. The van der Waals surface area contributed by atoms with Gasteiger partial charge in [0.05, 0.1) is 7.11 Å². The largest absolute Gasteiger partial charge is 0.468 e. The summed E-state index contributed by atoms with van der Waals surface area (Å²) in [6.07, 6.45) is 1.75. The molecule has 0 saturated heterocycles. The number of amides is 3. The van der Waals surface area contributed by atoms with Gasteiger partial charge in [-0.2, -0.15) is 0 Å². The molecule has 0 fully saturated rings. The van der Waals surface area contributed by atoms with Gasteiger partial charge in [0.25, 0.3) is 0 Å². The van der Waals surface area contributed by atoms with E-state index < -0.39 is 41.6 Å². The van der Waals surface area contributed by atoms with Crippen molar-refractivity contribution < 1.29 is 28.7 Å². The Kier molecular flexibility index (Phi) is 12.6. The third kappa shape index (κ3) is 10.4. The van der Waals surface area contributed by atoms with E-state index in [0.717, 1.165) is 24.0 Å². The normalized spacial score (nSPS) is 12.9. The van der Waals surface area contributed by atoms with E-state index in [1.165, 1.54) is 12.0 Å². The highest BCUT2D eigenvalue weighted by atomic mass is 16.6. The Labute approximate surface area is 221 Å². The molecule has 0 aliphatic heterocycles. The molecule has 0 aromatic heterocycles. The smallest absolute Gasteiger partial charge is 0.408 e. The molecule has 0 radical (unpaired) electrons. The molecule has 1 aromatic carbocycles. The summed E-state index contributed by atoms with van der Waals surface area (Å²) in [5.74, 6) is -1.76. The standard InChI is InChI=1S/C28H45N3O6/c1-10-11-12-15-31(26(34)23(18(2)3)30-27(35)37-28(6,7)8)24(25(33)29-17-22(32)36-9)21-14-13-19(4)20(5)16-21/h13-14,16,18,23-24H,10-12,15,17H2,1-9H3,(H,29,33)(H,30,35). The van der Waals surface area contributed by atoms with Gasteiger partial charge in [-0.25, -0.2) is 4.79 Å². The van der Waals surface area contributed by atoms with Crippen LogP contribution >= 0.6 is 0 Å². The second kappa shape index (κ2) is 14.6. The summed E-state index contributed by atoms with van der Waals surface area (Å²) >= 11 is 0. The molecule has 208 valence electrons. The van der Waals surface area contributed by atoms with Gasteiger partial charge in [0.15, 0.2) is 0 Å². The number of carbonyl (C=O) groups is 4. The predicted octanol–water partition coefficient (Wildman–Crippen LogP) is 4.20. The van der Waals surface area contributed by atoms with Gasteiger partial charge in [0, 0.05) is 6.54 Å². The number of nitrogens with one attached hydrogen (secondary N) is 2. The molecule has 0 aliphatic carbocycles. The molecular weight excluding hydrogens is 474 g/mol. The van der Waals surface area contributed by atoms with E-state index in [0.29, 0.717) is 18.5 Å². The van der Waals surface area contributed by atoms with Crippen molar-refractivity contribution in [2.45, 2.75) is 92.3 Å². The first-order chi connectivity index (χ1) is 17.2. The maximum atomic E-state index is 14.0. The van der Waals surface area contributed by atoms with Gasteiger partial charge in [-0.3, -0.25) is 14.4 Å². The lowest BCUT2D eigenvalue weighted by Crippen LogP contribution is -2.55. The number of hydrogen-bond donors (Lipinski definition) is 2. The molecule has 0 aliphatic rings. The van der Waals surface area contributed by atoms with E-state index >= 15 is 0 Å². The monoisotopic (exact) mass is 519 g/mol. The molecule has 37 heavy (non-hydrogen) atoms. The number of hydrogen-bond acceptors (Lipinski definition) is 6. The lowest BCUT2D eigenvalue weighted by molar-refractivity contribution is -0.145. The minimum Gasteiger partial charge on any atom is -0.468 e. The van der Waals surface area contributed by atoms with Crippen molar-refractivity contribution in [3.8, 4) is 0 Å². The van der Waals surface area contributed by atoms with Gasteiger partial charge in [-0.15, -0.1) is 0 Å². The fourth-order valence-corrected chi connectivity index (χ4v) is 3.76. The van der Waals surface area contributed by atoms with E-state index in [4.69, 9.17) is 4.74 Å². The van der Waals surface area contributed by atoms with E-state index in [1.54, 1.807) is 20.8 Å². The van der Waals surface area contributed by atoms with Gasteiger partial charge in [-0.05, 0) is 63.6 Å². The van der Waals surface area contributed by atoms with Crippen LogP contribution in [0.1, 0.15) is 83.5 Å². The number of alkyl carbamates (subject to hydrolysis) is 1. The molecule has 0 spiro atoms. The van der Waals surface area contributed by atoms with E-state index in [1.807, 2.05) is 45.9 Å². The molecule has 3 amide bonds. The van der Waals surface area contributed by atoms with Crippen molar-refractivity contribution in [1.82, 2.24) is 15.5 Å². The Morgan fingerprint density at radius 2 is 1.68 bits per heavy atom. The lowest BCUT2D eigenvalue weighted by Gasteiger charge is -2.35. The number of esters is 1. The maximum absolute atomic E-state index is 14.0. The van der Waals surface area contributed by atoms with Gasteiger partial charge < -0.3 is 25.0 Å². The van der Waals surface area contributed by atoms with Gasteiger partial charge in [0.2, 0.25) is 11.8 Å². The second-order valence-corrected chi connectivity index (χ2v) is 10.6. The fraction of sp³-hybridized carbons (Fsp3) is 0.643. The number of ether oxygens (including phenoxy) is 2. The van der Waals surface area contributed by atoms with E-state index in [9.17, 15) is 19.2 Å². The second-order valence-electron chi connectivity index (χ2n) is 10.6. The van der Waals surface area contributed by atoms with Crippen LogP contribution in [0.15, 0.2) is 18.2 Å². The first-order valence-electron chi connectivity index (χ1n) is 12.9. The van der Waals surface area contributed by atoms with Crippen LogP contribution in [0.5, 0.6) is 0 Å². The molecule has 1 rings (SSSR count). The highest BCUT2D eigenvalue weighted by Gasteiger charge is 2.37. The van der Waals surface area contributed by atoms with Crippen LogP contribution < -0.4 is 10.6 Å². The van der Waals surface area contributed by atoms with Crippen LogP contribution in [0.3, 0.4) is 0 Å². The predicted molar refractivity (Wildman–Crippen MR) is 143 cm³/mol. The number of rotatable bonds is 12. The van der Waals surface area contributed by atoms with Crippen molar-refractivity contribution in [1.29, 1.82) is 0 Å². The molecule has 9 nitrogen and oxygen atoms in total. The highest BCUT2D eigenvalue weighted by Crippen LogP contribution is 2.26. The summed E-state index contributed by atoms with van der Waals surface area (Å²) in [5, 5.41) is 5.32. The molecule has 2 atom stereocenters. The zero-order chi connectivity index (χ0) is 28.3. The summed E-state index contributed by atoms with van der Waals surface area (Å²) in [6, 6.07) is 3.67. The summed E-state index contributed by atoms with van der Waals surface area (Å²) in [4.78, 5) is 53.4. The third-order valence-corrected chi connectivity index (χ3v) is 5.93. The van der Waals surface area contributed by atoms with Crippen LogP contribution in [-0.2, 0) is 23.9 Å². The molecule has 0 saturated carbocycles. The zero-order valence-corrected chi connectivity index (χ0v) is 23.9. The number of benzene rings is 1. The molecule has 1 aromatic rings. The lowest BCUT2D eigenvalue weighted by atomic mass is 9.96. The maximum Gasteiger partial charge on any atom is 0.408 e. The summed E-state index contributed by atoms with van der Waals surface area (Å²) in [6.45, 7) is 14.8. The first kappa shape index (κ1) is 31.9. The number of methoxy groups -OCH3 is 1. The van der Waals surface area contributed by atoms with Crippen molar-refractivity contribution in [3.05, 3.63) is 34.9 Å². The van der Waals surface area contributed by atoms with Gasteiger partial charge in [-0.1, -0.05) is 51.8 Å². The molecular formula is C28H45N3O6. The fourth-order valence-electron chi connectivity index (χ4n) is 3.76. The summed E-state index contributed by atoms with van der Waals surface area (Å²) in [7, 11) is 1.24. The average Bonchev–Trinajstić information content (AvgIpc) is 2.80. The summed E-state index contributed by atoms with van der Waals surface area (Å²) < 4.78 is 10.1. The topological polar surface area (TPSA) is 114 Å². The molecule has 9 heteroatoms. The third-order valence-electron chi connectivity index (χ3n) is 5.93. The van der Waals surface area contributed by atoms with Crippen LogP contribution in [-0.4, -0.2) is 60.6 Å². The minimum atomic E-state index is -1.00. The molecule has 0 bridgehead atoms. The van der Waals surface area contributed by atoms with Crippen molar-refractivity contribution in [3.63, 3.8) is 0 Å². The van der Waals surface area contributed by atoms with Crippen LogP contribution in [0.25, 0.3) is 0 Å². The molecule has 0 heterocycles. The number of aryl methyl sites for hydroxylation is 2. The first-order valence-corrected chi connectivity index (χ1v) is 12.9. The Morgan fingerprint density at radius 1 is 1.03 bits per heavy atom. The molecule has 2 unspecified atom stereocenters. The Hall–Kier alpha value is -3.10. The van der Waals surface area contributed by atoms with Crippen LogP contribution in [0.4, 0.5) is 4.79 Å². The van der Waals surface area contributed by atoms with Crippen molar-refractivity contribution in [2.24, 2.45) is 5.92 Å². The summed E-state index contributed by atoms with van der Waals surface area (Å²) in [5.41, 5.74) is 1.91. The Balaban J connectivity index is 3.51. The number of carbonyl (C=O) groups excluding carboxylic acids is 4. The van der Waals surface area contributed by atoms with Gasteiger partial charge in [0.1, 0.15) is 24.2 Å². The van der Waals surface area contributed by atoms with Crippen LogP contribution in [0.2, 0.25) is 0 Å². The van der Waals surface area contributed by atoms with Crippen molar-refractivity contribution >= 4 is 23.9 Å². The quantitative estimate of drug-likeness (QED) is 0.316. The Bertz CT molecular complexity index is 938. The average molecular weight is 520 g/mol. The van der Waals surface area contributed by atoms with E-state index in [-0.39, 0.29) is 12.5 Å². The van der Waals surface area contributed by atoms with Gasteiger partial charge >= 0.3 is 12.1 Å². The zero-order valence-electron chi connectivity index (χ0n) is 23.9. The van der Waals surface area contributed by atoms with E-state index in [2.05, 4.69) is 22.3 Å². The SMILES string of the molecule is CCCCCN(C(=O)C(NC(=O)OC(C)(C)C)C(C)C)C(C(=O)NCC(=O)OC)c1ccc(C)c(C)c1. The number of nitrogens with zero attached hydrogens (tertiary/aromatic N) is 1. The van der Waals surface area contributed by atoms with Crippen LogP contribution in [0, 0.1) is 19.8 Å².